The molecule has 3 heteroatoms. The van der Waals surface area contributed by atoms with E-state index in [2.05, 4.69) is 39.9 Å². The highest BCUT2D eigenvalue weighted by Gasteiger charge is 2.11. The molecule has 0 bridgehead atoms. The average Bonchev–Trinajstić information content (AvgIpc) is 3.08. The van der Waals surface area contributed by atoms with Crippen molar-refractivity contribution in [1.82, 2.24) is 9.47 Å². The van der Waals surface area contributed by atoms with Gasteiger partial charge in [-0.2, -0.15) is 0 Å². The molecule has 0 radical (unpaired) electrons. The maximum Gasteiger partial charge on any atom is 0.0525 e. The molecule has 0 spiro atoms. The van der Waals surface area contributed by atoms with Crippen LogP contribution in [0.15, 0.2) is 30.5 Å². The molecule has 0 atom stereocenters. The van der Waals surface area contributed by atoms with Crippen molar-refractivity contribution in [3.63, 3.8) is 0 Å². The van der Waals surface area contributed by atoms with Crippen LogP contribution in [0.3, 0.4) is 0 Å². The van der Waals surface area contributed by atoms with Crippen molar-refractivity contribution in [2.45, 2.75) is 32.4 Å². The van der Waals surface area contributed by atoms with Gasteiger partial charge in [-0.3, -0.25) is 0 Å². The van der Waals surface area contributed by atoms with Gasteiger partial charge < -0.3 is 15.2 Å². The summed E-state index contributed by atoms with van der Waals surface area (Å²) in [5.41, 5.74) is 8.43. The molecule has 3 nitrogen and oxygen atoms in total. The van der Waals surface area contributed by atoms with Gasteiger partial charge in [-0.25, -0.2) is 0 Å². The van der Waals surface area contributed by atoms with Crippen molar-refractivity contribution in [2.24, 2.45) is 5.73 Å². The first-order chi connectivity index (χ1) is 9.38. The third kappa shape index (κ3) is 2.67. The second-order valence-corrected chi connectivity index (χ2v) is 5.47. The molecule has 0 unspecified atom stereocenters. The Hall–Kier alpha value is -1.32. The molecule has 0 saturated carbocycles. The van der Waals surface area contributed by atoms with Crippen LogP contribution >= 0.6 is 0 Å². The Morgan fingerprint density at radius 2 is 1.89 bits per heavy atom. The Kier molecular flexibility index (Phi) is 3.85. The molecule has 1 aromatic carbocycles. The van der Waals surface area contributed by atoms with Gasteiger partial charge in [0.15, 0.2) is 0 Å². The van der Waals surface area contributed by atoms with Crippen LogP contribution in [0.2, 0.25) is 0 Å². The molecule has 1 fully saturated rings. The fourth-order valence-electron chi connectivity index (χ4n) is 3.16. The normalized spacial score (nSPS) is 16.5. The van der Waals surface area contributed by atoms with Gasteiger partial charge in [-0.15, -0.1) is 0 Å². The first-order valence-electron chi connectivity index (χ1n) is 7.37. The van der Waals surface area contributed by atoms with Gasteiger partial charge >= 0.3 is 0 Å². The minimum absolute atomic E-state index is 0.619. The summed E-state index contributed by atoms with van der Waals surface area (Å²) >= 11 is 0. The third-order valence-corrected chi connectivity index (χ3v) is 4.16. The van der Waals surface area contributed by atoms with E-state index in [1.165, 1.54) is 55.4 Å². The molecule has 1 aromatic heterocycles. The number of aromatic nitrogens is 1. The van der Waals surface area contributed by atoms with Gasteiger partial charge in [-0.05, 0) is 55.9 Å². The molecule has 2 heterocycles. The lowest BCUT2D eigenvalue weighted by atomic mass is 10.1. The summed E-state index contributed by atoms with van der Waals surface area (Å²) < 4.78 is 2.37. The van der Waals surface area contributed by atoms with E-state index in [-0.39, 0.29) is 0 Å². The van der Waals surface area contributed by atoms with Crippen molar-refractivity contribution in [2.75, 3.05) is 19.6 Å². The molecular formula is C16H23N3. The Bertz CT molecular complexity index is 538. The first-order valence-corrected chi connectivity index (χ1v) is 7.37. The summed E-state index contributed by atoms with van der Waals surface area (Å²) in [6.07, 6.45) is 6.18. The molecule has 2 N–H and O–H groups in total. The third-order valence-electron chi connectivity index (χ3n) is 4.16. The number of benzene rings is 1. The summed E-state index contributed by atoms with van der Waals surface area (Å²) in [7, 11) is 0. The average molecular weight is 257 g/mol. The van der Waals surface area contributed by atoms with Gasteiger partial charge in [0.2, 0.25) is 0 Å². The zero-order chi connectivity index (χ0) is 13.1. The van der Waals surface area contributed by atoms with E-state index >= 15 is 0 Å². The van der Waals surface area contributed by atoms with Gasteiger partial charge in [0.1, 0.15) is 0 Å². The van der Waals surface area contributed by atoms with Crippen molar-refractivity contribution in [3.05, 3.63) is 36.0 Å². The number of aryl methyl sites for hydroxylation is 1. The molecule has 0 aliphatic carbocycles. The van der Waals surface area contributed by atoms with Crippen LogP contribution in [-0.2, 0) is 13.1 Å². The van der Waals surface area contributed by atoms with Gasteiger partial charge in [0.05, 0.1) is 5.52 Å². The molecule has 19 heavy (non-hydrogen) atoms. The number of nitrogens with two attached hydrogens (primary N) is 1. The molecule has 3 rings (SSSR count). The predicted molar refractivity (Wildman–Crippen MR) is 80.1 cm³/mol. The fraction of sp³-hybridized carbons (Fsp3) is 0.500. The minimum atomic E-state index is 0.619. The molecule has 1 aliphatic rings. The highest BCUT2D eigenvalue weighted by molar-refractivity contribution is 5.83. The van der Waals surface area contributed by atoms with Gasteiger partial charge in [0, 0.05) is 19.3 Å². The molecule has 102 valence electrons. The number of hydrogen-bond donors (Lipinski definition) is 1. The second-order valence-electron chi connectivity index (χ2n) is 5.47. The van der Waals surface area contributed by atoms with Crippen molar-refractivity contribution >= 4 is 10.9 Å². The van der Waals surface area contributed by atoms with E-state index in [1.807, 2.05) is 0 Å². The van der Waals surface area contributed by atoms with Crippen molar-refractivity contribution < 1.29 is 0 Å². The lowest BCUT2D eigenvalue weighted by molar-refractivity contribution is 0.326. The summed E-state index contributed by atoms with van der Waals surface area (Å²) in [5, 5.41) is 1.31. The molecule has 2 aromatic rings. The van der Waals surface area contributed by atoms with E-state index in [9.17, 15) is 0 Å². The smallest absolute Gasteiger partial charge is 0.0525 e. The number of fused-ring (bicyclic) bond motifs is 1. The van der Waals surface area contributed by atoms with Crippen LogP contribution in [0, 0.1) is 0 Å². The molecule has 0 amide bonds. The topological polar surface area (TPSA) is 34.2 Å². The summed E-state index contributed by atoms with van der Waals surface area (Å²) in [5.74, 6) is 0. The maximum atomic E-state index is 5.85. The van der Waals surface area contributed by atoms with Crippen molar-refractivity contribution in [3.8, 4) is 0 Å². The number of hydrogen-bond acceptors (Lipinski definition) is 2. The van der Waals surface area contributed by atoms with Crippen LogP contribution in [0.4, 0.5) is 0 Å². The van der Waals surface area contributed by atoms with Crippen molar-refractivity contribution in [1.29, 1.82) is 0 Å². The van der Waals surface area contributed by atoms with Gasteiger partial charge in [-0.1, -0.05) is 18.2 Å². The molecule has 1 saturated heterocycles. The highest BCUT2D eigenvalue weighted by atomic mass is 15.1. The van der Waals surface area contributed by atoms with E-state index in [4.69, 9.17) is 5.73 Å². The van der Waals surface area contributed by atoms with Crippen LogP contribution in [-0.4, -0.2) is 29.1 Å². The van der Waals surface area contributed by atoms with E-state index < -0.39 is 0 Å². The minimum Gasteiger partial charge on any atom is -0.347 e. The number of para-hydroxylation sites is 1. The SMILES string of the molecule is NCc1cccc2ccn(CCCN3CCCC3)c12. The van der Waals surface area contributed by atoms with Crippen LogP contribution in [0.5, 0.6) is 0 Å². The maximum absolute atomic E-state index is 5.85. The highest BCUT2D eigenvalue weighted by Crippen LogP contribution is 2.20. The van der Waals surface area contributed by atoms with E-state index in [1.54, 1.807) is 0 Å². The second kappa shape index (κ2) is 5.76. The van der Waals surface area contributed by atoms with E-state index in [0.29, 0.717) is 6.54 Å². The van der Waals surface area contributed by atoms with Crippen LogP contribution in [0.25, 0.3) is 10.9 Å². The van der Waals surface area contributed by atoms with E-state index in [0.717, 1.165) is 6.54 Å². The lowest BCUT2D eigenvalue weighted by Gasteiger charge is -2.15. The Labute approximate surface area is 115 Å². The Morgan fingerprint density at radius 1 is 1.05 bits per heavy atom. The Morgan fingerprint density at radius 3 is 2.68 bits per heavy atom. The summed E-state index contributed by atoms with van der Waals surface area (Å²) in [6, 6.07) is 8.61. The fourth-order valence-corrected chi connectivity index (χ4v) is 3.16. The zero-order valence-electron chi connectivity index (χ0n) is 11.5. The molecular weight excluding hydrogens is 234 g/mol. The quantitative estimate of drug-likeness (QED) is 0.893. The standard InChI is InChI=1S/C16H23N3/c17-13-15-6-3-5-14-7-12-19(16(14)15)11-4-10-18-8-1-2-9-18/h3,5-7,12H,1-2,4,8-11,13,17H2. The van der Waals surface area contributed by atoms with Gasteiger partial charge in [0.25, 0.3) is 0 Å². The Balaban J connectivity index is 1.70. The van der Waals surface area contributed by atoms with Crippen LogP contribution < -0.4 is 5.73 Å². The monoisotopic (exact) mass is 257 g/mol. The number of rotatable bonds is 5. The zero-order valence-corrected chi connectivity index (χ0v) is 11.5. The summed E-state index contributed by atoms with van der Waals surface area (Å²) in [6.45, 7) is 5.52. The summed E-state index contributed by atoms with van der Waals surface area (Å²) in [4.78, 5) is 2.58. The molecule has 1 aliphatic heterocycles. The number of nitrogens with zero attached hydrogens (tertiary/aromatic N) is 2. The van der Waals surface area contributed by atoms with Crippen LogP contribution in [0.1, 0.15) is 24.8 Å². The largest absolute Gasteiger partial charge is 0.347 e. The predicted octanol–water partition coefficient (Wildman–Crippen LogP) is 2.59. The number of likely N-dealkylation sites (tertiary alicyclic amines) is 1. The first kappa shape index (κ1) is 12.7. The lowest BCUT2D eigenvalue weighted by Crippen LogP contribution is -2.21.